The molecule has 3 nitrogen and oxygen atoms in total. The third kappa shape index (κ3) is 2.81. The zero-order chi connectivity index (χ0) is 13.1. The van der Waals surface area contributed by atoms with Crippen LogP contribution in [0.3, 0.4) is 0 Å². The molecule has 5 heteroatoms. The number of aryl methyl sites for hydroxylation is 1. The van der Waals surface area contributed by atoms with Crippen LogP contribution in [0.1, 0.15) is 11.3 Å². The molecule has 0 atom stereocenters. The molecule has 0 aliphatic carbocycles. The molecular weight excluding hydrogens is 251 g/mol. The maximum absolute atomic E-state index is 13.1. The molecule has 1 heterocycles. The Morgan fingerprint density at radius 3 is 2.72 bits per heavy atom. The van der Waals surface area contributed by atoms with Crippen molar-refractivity contribution in [3.05, 3.63) is 53.6 Å². The molecule has 1 aromatic heterocycles. The Balaban J connectivity index is 2.23. The van der Waals surface area contributed by atoms with E-state index in [2.05, 4.69) is 4.98 Å². The van der Waals surface area contributed by atoms with Crippen molar-refractivity contribution in [2.75, 3.05) is 0 Å². The Hall–Kier alpha value is -2.01. The van der Waals surface area contributed by atoms with Crippen LogP contribution in [0.25, 0.3) is 0 Å². The third-order valence-corrected chi connectivity index (χ3v) is 2.58. The Kier molecular flexibility index (Phi) is 3.53. The number of hydrogen-bond acceptors (Lipinski definition) is 3. The highest BCUT2D eigenvalue weighted by Crippen LogP contribution is 2.25. The van der Waals surface area contributed by atoms with Crippen LogP contribution in [0.15, 0.2) is 36.5 Å². The number of benzene rings is 1. The van der Waals surface area contributed by atoms with E-state index in [0.29, 0.717) is 17.2 Å². The second-order valence-corrected chi connectivity index (χ2v) is 4.20. The van der Waals surface area contributed by atoms with Gasteiger partial charge in [0.2, 0.25) is 0 Å². The summed E-state index contributed by atoms with van der Waals surface area (Å²) in [4.78, 5) is 4.27. The number of thiocarbonyl (C=S) groups is 1. The number of aromatic nitrogens is 1. The third-order valence-electron chi connectivity index (χ3n) is 2.37. The van der Waals surface area contributed by atoms with Gasteiger partial charge in [0.1, 0.15) is 22.3 Å². The lowest BCUT2D eigenvalue weighted by Gasteiger charge is -2.08. The largest absolute Gasteiger partial charge is 0.455 e. The van der Waals surface area contributed by atoms with Crippen LogP contribution in [0.5, 0.6) is 11.5 Å². The minimum Gasteiger partial charge on any atom is -0.455 e. The lowest BCUT2D eigenvalue weighted by molar-refractivity contribution is 0.470. The summed E-state index contributed by atoms with van der Waals surface area (Å²) in [6, 6.07) is 7.72. The van der Waals surface area contributed by atoms with Gasteiger partial charge in [0.05, 0.1) is 11.9 Å². The molecule has 1 aromatic carbocycles. The van der Waals surface area contributed by atoms with Gasteiger partial charge in [0.25, 0.3) is 0 Å². The number of rotatable bonds is 3. The van der Waals surface area contributed by atoms with Gasteiger partial charge in [0, 0.05) is 6.07 Å². The summed E-state index contributed by atoms with van der Waals surface area (Å²) in [5, 5.41) is 0. The van der Waals surface area contributed by atoms with Crippen LogP contribution in [-0.2, 0) is 0 Å². The molecule has 18 heavy (non-hydrogen) atoms. The van der Waals surface area contributed by atoms with Crippen LogP contribution < -0.4 is 10.5 Å². The average Bonchev–Trinajstić information content (AvgIpc) is 2.34. The molecule has 0 aliphatic heterocycles. The predicted octanol–water partition coefficient (Wildman–Crippen LogP) is 2.96. The molecule has 0 spiro atoms. The minimum absolute atomic E-state index is 0.225. The topological polar surface area (TPSA) is 48.1 Å². The molecule has 92 valence electrons. The van der Waals surface area contributed by atoms with Gasteiger partial charge < -0.3 is 10.5 Å². The molecule has 0 saturated heterocycles. The highest BCUT2D eigenvalue weighted by Gasteiger charge is 2.04. The number of pyridine rings is 1. The molecule has 0 bridgehead atoms. The van der Waals surface area contributed by atoms with E-state index >= 15 is 0 Å². The fourth-order valence-corrected chi connectivity index (χ4v) is 1.52. The van der Waals surface area contributed by atoms with Gasteiger partial charge in [-0.3, -0.25) is 0 Å². The van der Waals surface area contributed by atoms with E-state index < -0.39 is 0 Å². The van der Waals surface area contributed by atoms with Crippen LogP contribution in [-0.4, -0.2) is 9.97 Å². The predicted molar refractivity (Wildman–Crippen MR) is 71.3 cm³/mol. The average molecular weight is 262 g/mol. The minimum atomic E-state index is -0.344. The Morgan fingerprint density at radius 1 is 1.33 bits per heavy atom. The Labute approximate surface area is 109 Å². The van der Waals surface area contributed by atoms with Crippen molar-refractivity contribution in [2.24, 2.45) is 5.73 Å². The first-order chi connectivity index (χ1) is 8.56. The number of halogens is 1. The lowest BCUT2D eigenvalue weighted by Crippen LogP contribution is -2.10. The van der Waals surface area contributed by atoms with Crippen molar-refractivity contribution in [1.29, 1.82) is 0 Å². The van der Waals surface area contributed by atoms with Gasteiger partial charge in [0.15, 0.2) is 0 Å². The zero-order valence-electron chi connectivity index (χ0n) is 9.68. The number of hydrogen-bond donors (Lipinski definition) is 1. The molecule has 0 unspecified atom stereocenters. The summed E-state index contributed by atoms with van der Waals surface area (Å²) < 4.78 is 18.6. The first-order valence-electron chi connectivity index (χ1n) is 5.26. The van der Waals surface area contributed by atoms with Crippen molar-refractivity contribution in [3.63, 3.8) is 0 Å². The molecule has 2 aromatic rings. The number of nitrogens with two attached hydrogens (primary N) is 1. The van der Waals surface area contributed by atoms with Gasteiger partial charge in [-0.25, -0.2) is 9.37 Å². The van der Waals surface area contributed by atoms with Crippen molar-refractivity contribution in [3.8, 4) is 11.5 Å². The SMILES string of the molecule is Cc1ccc(F)cc1Oc1ccc(C(N)=S)nc1. The fourth-order valence-electron chi connectivity index (χ4n) is 1.40. The van der Waals surface area contributed by atoms with E-state index in [-0.39, 0.29) is 10.8 Å². The molecule has 0 amide bonds. The quantitative estimate of drug-likeness (QED) is 0.864. The van der Waals surface area contributed by atoms with Crippen LogP contribution >= 0.6 is 12.2 Å². The van der Waals surface area contributed by atoms with Crippen LogP contribution in [0.2, 0.25) is 0 Å². The molecule has 0 aliphatic rings. The summed E-state index contributed by atoms with van der Waals surface area (Å²) in [5.41, 5.74) is 6.80. The van der Waals surface area contributed by atoms with Crippen molar-refractivity contribution >= 4 is 17.2 Å². The first-order valence-corrected chi connectivity index (χ1v) is 5.67. The van der Waals surface area contributed by atoms with Crippen molar-refractivity contribution in [2.45, 2.75) is 6.92 Å². The summed E-state index contributed by atoms with van der Waals surface area (Å²) >= 11 is 4.80. The zero-order valence-corrected chi connectivity index (χ0v) is 10.5. The van der Waals surface area contributed by atoms with Crippen LogP contribution in [0.4, 0.5) is 4.39 Å². The van der Waals surface area contributed by atoms with E-state index in [4.69, 9.17) is 22.7 Å². The molecular formula is C13H11FN2OS. The van der Waals surface area contributed by atoms with E-state index in [1.807, 2.05) is 6.92 Å². The van der Waals surface area contributed by atoms with E-state index in [1.165, 1.54) is 18.3 Å². The van der Waals surface area contributed by atoms with Gasteiger partial charge in [-0.05, 0) is 30.7 Å². The van der Waals surface area contributed by atoms with Crippen molar-refractivity contribution in [1.82, 2.24) is 4.98 Å². The summed E-state index contributed by atoms with van der Waals surface area (Å²) in [6.07, 6.45) is 1.50. The van der Waals surface area contributed by atoms with Gasteiger partial charge in [-0.2, -0.15) is 0 Å². The molecule has 2 rings (SSSR count). The number of nitrogens with zero attached hydrogens (tertiary/aromatic N) is 1. The molecule has 0 radical (unpaired) electrons. The Morgan fingerprint density at radius 2 is 2.11 bits per heavy atom. The first kappa shape index (κ1) is 12.4. The van der Waals surface area contributed by atoms with Gasteiger partial charge in [-0.15, -0.1) is 0 Å². The Bertz CT molecular complexity index is 584. The van der Waals surface area contributed by atoms with E-state index in [0.717, 1.165) is 5.56 Å². The maximum Gasteiger partial charge on any atom is 0.145 e. The summed E-state index contributed by atoms with van der Waals surface area (Å²) in [7, 11) is 0. The fraction of sp³-hybridized carbons (Fsp3) is 0.0769. The lowest BCUT2D eigenvalue weighted by atomic mass is 10.2. The smallest absolute Gasteiger partial charge is 0.145 e. The van der Waals surface area contributed by atoms with E-state index in [1.54, 1.807) is 18.2 Å². The number of ether oxygens (including phenoxy) is 1. The van der Waals surface area contributed by atoms with Gasteiger partial charge in [-0.1, -0.05) is 18.3 Å². The monoisotopic (exact) mass is 262 g/mol. The molecule has 0 fully saturated rings. The maximum atomic E-state index is 13.1. The van der Waals surface area contributed by atoms with Gasteiger partial charge >= 0.3 is 0 Å². The molecule has 2 N–H and O–H groups in total. The highest BCUT2D eigenvalue weighted by molar-refractivity contribution is 7.80. The highest BCUT2D eigenvalue weighted by atomic mass is 32.1. The summed E-state index contributed by atoms with van der Waals surface area (Å²) in [5.74, 6) is 0.617. The standard InChI is InChI=1S/C13H11FN2OS/c1-8-2-3-9(14)6-12(8)17-10-4-5-11(13(15)18)16-7-10/h2-7H,1H3,(H2,15,18). The van der Waals surface area contributed by atoms with Crippen molar-refractivity contribution < 1.29 is 9.13 Å². The van der Waals surface area contributed by atoms with Crippen LogP contribution in [0, 0.1) is 12.7 Å². The van der Waals surface area contributed by atoms with E-state index in [9.17, 15) is 4.39 Å². The normalized spacial score (nSPS) is 10.1. The second-order valence-electron chi connectivity index (χ2n) is 3.76. The summed E-state index contributed by atoms with van der Waals surface area (Å²) in [6.45, 7) is 1.84. The second kappa shape index (κ2) is 5.10. The molecule has 0 saturated carbocycles.